The van der Waals surface area contributed by atoms with Gasteiger partial charge in [0.05, 0.1) is 5.92 Å². The highest BCUT2D eigenvalue weighted by Gasteiger charge is 2.35. The predicted molar refractivity (Wildman–Crippen MR) is 95.0 cm³/mol. The van der Waals surface area contributed by atoms with Crippen LogP contribution in [0.25, 0.3) is 0 Å². The van der Waals surface area contributed by atoms with Gasteiger partial charge in [-0.1, -0.05) is 23.3 Å². The molecule has 4 amide bonds. The second-order valence-electron chi connectivity index (χ2n) is 6.61. The number of imide groups is 1. The van der Waals surface area contributed by atoms with Crippen LogP contribution in [0, 0.1) is 0 Å². The summed E-state index contributed by atoms with van der Waals surface area (Å²) in [5.74, 6) is -1.45. The van der Waals surface area contributed by atoms with Gasteiger partial charge in [0.25, 0.3) is 0 Å². The zero-order chi connectivity index (χ0) is 19.7. The van der Waals surface area contributed by atoms with Crippen molar-refractivity contribution >= 4 is 35.3 Å². The van der Waals surface area contributed by atoms with Gasteiger partial charge in [-0.15, -0.1) is 5.10 Å². The quantitative estimate of drug-likeness (QED) is 0.752. The minimum Gasteiger partial charge on any atom is -0.407 e. The first kappa shape index (κ1) is 17.8. The molecule has 4 rings (SSSR count). The lowest BCUT2D eigenvalue weighted by Gasteiger charge is -2.15. The molecule has 0 saturated carbocycles. The fourth-order valence-electron chi connectivity index (χ4n) is 3.28. The second kappa shape index (κ2) is 7.22. The van der Waals surface area contributed by atoms with E-state index in [0.717, 1.165) is 10.6 Å². The van der Waals surface area contributed by atoms with Crippen LogP contribution >= 0.6 is 0 Å². The molecule has 1 N–H and O–H groups in total. The van der Waals surface area contributed by atoms with Gasteiger partial charge in [0.1, 0.15) is 6.54 Å². The third-order valence-electron chi connectivity index (χ3n) is 4.69. The van der Waals surface area contributed by atoms with Crippen molar-refractivity contribution in [1.82, 2.24) is 15.1 Å². The monoisotopic (exact) mass is 383 g/mol. The van der Waals surface area contributed by atoms with Crippen molar-refractivity contribution < 1.29 is 23.6 Å². The van der Waals surface area contributed by atoms with E-state index in [9.17, 15) is 19.2 Å². The lowest BCUT2D eigenvalue weighted by Crippen LogP contribution is -2.36. The van der Waals surface area contributed by atoms with Crippen molar-refractivity contribution in [3.8, 4) is 0 Å². The largest absolute Gasteiger partial charge is 0.407 e. The number of rotatable bonds is 5. The van der Waals surface area contributed by atoms with Crippen LogP contribution in [0.1, 0.15) is 31.1 Å². The van der Waals surface area contributed by atoms with Crippen LogP contribution in [0.15, 0.2) is 34.7 Å². The second-order valence-corrected chi connectivity index (χ2v) is 6.61. The Kier molecular flexibility index (Phi) is 4.60. The van der Waals surface area contributed by atoms with Crippen LogP contribution in [0.4, 0.5) is 11.7 Å². The first-order valence-corrected chi connectivity index (χ1v) is 8.83. The Hall–Kier alpha value is -3.56. The summed E-state index contributed by atoms with van der Waals surface area (Å²) in [5, 5.41) is 10.1. The van der Waals surface area contributed by atoms with E-state index in [1.807, 2.05) is 30.3 Å². The molecule has 2 aromatic rings. The molecule has 144 valence electrons. The Balaban J connectivity index is 1.38. The first-order valence-electron chi connectivity index (χ1n) is 8.83. The van der Waals surface area contributed by atoms with E-state index >= 15 is 0 Å². The molecule has 1 aromatic carbocycles. The lowest BCUT2D eigenvalue weighted by molar-refractivity contribution is -0.141. The summed E-state index contributed by atoms with van der Waals surface area (Å²) < 4.78 is 5.47. The minimum atomic E-state index is -0.604. The van der Waals surface area contributed by atoms with E-state index in [0.29, 0.717) is 6.54 Å². The molecule has 1 aromatic heterocycles. The first-order chi connectivity index (χ1) is 13.5. The van der Waals surface area contributed by atoms with E-state index in [4.69, 9.17) is 4.42 Å². The average molecular weight is 383 g/mol. The molecule has 2 aliphatic heterocycles. The molecular formula is C18H17N5O5. The Morgan fingerprint density at radius 1 is 1.07 bits per heavy atom. The van der Waals surface area contributed by atoms with Crippen molar-refractivity contribution in [2.75, 3.05) is 23.3 Å². The molecule has 3 heterocycles. The number of likely N-dealkylation sites (tertiary alicyclic amines) is 1. The Morgan fingerprint density at radius 2 is 1.79 bits per heavy atom. The van der Waals surface area contributed by atoms with Crippen molar-refractivity contribution in [2.45, 2.75) is 25.2 Å². The summed E-state index contributed by atoms with van der Waals surface area (Å²) in [7, 11) is 0. The van der Waals surface area contributed by atoms with E-state index in [-0.39, 0.29) is 61.4 Å². The van der Waals surface area contributed by atoms with E-state index in [2.05, 4.69) is 15.5 Å². The van der Waals surface area contributed by atoms with Gasteiger partial charge in [0, 0.05) is 31.5 Å². The maximum Gasteiger partial charge on any atom is 0.322 e. The van der Waals surface area contributed by atoms with Crippen molar-refractivity contribution in [2.24, 2.45) is 0 Å². The molecule has 2 fully saturated rings. The van der Waals surface area contributed by atoms with Crippen LogP contribution in [-0.4, -0.2) is 51.8 Å². The highest BCUT2D eigenvalue weighted by molar-refractivity contribution is 6.05. The molecular weight excluding hydrogens is 366 g/mol. The van der Waals surface area contributed by atoms with Gasteiger partial charge < -0.3 is 9.32 Å². The normalized spacial score (nSPS) is 19.6. The maximum absolute atomic E-state index is 12.3. The maximum atomic E-state index is 12.3. The predicted octanol–water partition coefficient (Wildman–Crippen LogP) is 0.678. The van der Waals surface area contributed by atoms with Crippen LogP contribution in [0.2, 0.25) is 0 Å². The summed E-state index contributed by atoms with van der Waals surface area (Å²) >= 11 is 0. The number of hydrogen-bond donors (Lipinski definition) is 1. The number of hydrogen-bond acceptors (Lipinski definition) is 7. The fourth-order valence-corrected chi connectivity index (χ4v) is 3.28. The molecule has 0 bridgehead atoms. The van der Waals surface area contributed by atoms with E-state index < -0.39 is 5.91 Å². The Labute approximate surface area is 159 Å². The van der Waals surface area contributed by atoms with Gasteiger partial charge >= 0.3 is 6.01 Å². The van der Waals surface area contributed by atoms with E-state index in [1.54, 1.807) is 4.90 Å². The summed E-state index contributed by atoms with van der Waals surface area (Å²) in [4.78, 5) is 50.0. The summed E-state index contributed by atoms with van der Waals surface area (Å²) in [5.41, 5.74) is 0.794. The molecule has 10 nitrogen and oxygen atoms in total. The number of carbonyl (C=O) groups excluding carboxylic acids is 4. The van der Waals surface area contributed by atoms with Crippen LogP contribution in [-0.2, 0) is 19.2 Å². The highest BCUT2D eigenvalue weighted by Crippen LogP contribution is 2.31. The molecule has 0 radical (unpaired) electrons. The third-order valence-corrected chi connectivity index (χ3v) is 4.69. The van der Waals surface area contributed by atoms with Crippen molar-refractivity contribution in [3.63, 3.8) is 0 Å². The van der Waals surface area contributed by atoms with Gasteiger partial charge in [-0.2, -0.15) is 0 Å². The molecule has 28 heavy (non-hydrogen) atoms. The topological polar surface area (TPSA) is 126 Å². The number of nitrogens with zero attached hydrogens (tertiary/aromatic N) is 4. The average Bonchev–Trinajstić information content (AvgIpc) is 3.38. The van der Waals surface area contributed by atoms with Crippen molar-refractivity contribution in [3.05, 3.63) is 36.2 Å². The molecule has 2 saturated heterocycles. The van der Waals surface area contributed by atoms with Crippen LogP contribution < -0.4 is 10.2 Å². The number of aromatic nitrogens is 2. The zero-order valence-corrected chi connectivity index (χ0v) is 14.8. The molecule has 0 spiro atoms. The lowest BCUT2D eigenvalue weighted by atomic mass is 10.1. The standard InChI is InChI=1S/C18H17N5O5/c24-13(10-23-14(25)6-7-15(23)26)19-18-21-20-17(28-18)11-8-16(27)22(9-11)12-4-2-1-3-5-12/h1-5,11H,6-10H2,(H,19,21,24). The van der Waals surface area contributed by atoms with Crippen LogP contribution in [0.5, 0.6) is 0 Å². The van der Waals surface area contributed by atoms with E-state index in [1.165, 1.54) is 0 Å². The minimum absolute atomic E-state index is 0.0500. The molecule has 1 unspecified atom stereocenters. The fraction of sp³-hybridized carbons (Fsp3) is 0.333. The number of benzene rings is 1. The summed E-state index contributed by atoms with van der Waals surface area (Å²) in [6.07, 6.45) is 0.455. The van der Waals surface area contributed by atoms with Gasteiger partial charge in [-0.05, 0) is 12.1 Å². The van der Waals surface area contributed by atoms with Crippen LogP contribution in [0.3, 0.4) is 0 Å². The third kappa shape index (κ3) is 3.48. The number of para-hydroxylation sites is 1. The Bertz CT molecular complexity index is 925. The number of amides is 4. The molecule has 0 aliphatic carbocycles. The summed E-state index contributed by atoms with van der Waals surface area (Å²) in [6.45, 7) is 0.00822. The van der Waals surface area contributed by atoms with Crippen molar-refractivity contribution in [1.29, 1.82) is 0 Å². The molecule has 1 atom stereocenters. The highest BCUT2D eigenvalue weighted by atomic mass is 16.4. The van der Waals surface area contributed by atoms with Gasteiger partial charge in [-0.3, -0.25) is 29.4 Å². The summed E-state index contributed by atoms with van der Waals surface area (Å²) in [6, 6.07) is 9.14. The number of anilines is 2. The van der Waals surface area contributed by atoms with Gasteiger partial charge in [0.2, 0.25) is 29.5 Å². The molecule has 10 heteroatoms. The zero-order valence-electron chi connectivity index (χ0n) is 14.8. The number of nitrogens with one attached hydrogen (secondary N) is 1. The SMILES string of the molecule is O=C(CN1C(=O)CCC1=O)Nc1nnc(C2CC(=O)N(c3ccccc3)C2)o1. The molecule has 2 aliphatic rings. The van der Waals surface area contributed by atoms with Gasteiger partial charge in [-0.25, -0.2) is 0 Å². The van der Waals surface area contributed by atoms with Gasteiger partial charge in [0.15, 0.2) is 0 Å². The Morgan fingerprint density at radius 3 is 2.50 bits per heavy atom. The smallest absolute Gasteiger partial charge is 0.322 e. The number of carbonyl (C=O) groups is 4.